The summed E-state index contributed by atoms with van der Waals surface area (Å²) in [5, 5.41) is 3.16. The largest absolute Gasteiger partial charge is 0.378 e. The Morgan fingerprint density at radius 1 is 1.00 bits per heavy atom. The van der Waals surface area contributed by atoms with Crippen molar-refractivity contribution in [1.82, 2.24) is 0 Å². The van der Waals surface area contributed by atoms with E-state index in [2.05, 4.69) is 5.32 Å². The lowest BCUT2D eigenvalue weighted by molar-refractivity contribution is -0.121. The summed E-state index contributed by atoms with van der Waals surface area (Å²) >= 11 is 0. The topological polar surface area (TPSA) is 52.7 Å². The number of rotatable bonds is 4. The monoisotopic (exact) mass is 309 g/mol. The number of imide groups is 1. The van der Waals surface area contributed by atoms with Gasteiger partial charge in [-0.15, -0.1) is 0 Å². The highest BCUT2D eigenvalue weighted by Gasteiger charge is 2.39. The molecule has 2 aromatic rings. The third-order valence-corrected chi connectivity index (χ3v) is 3.89. The first kappa shape index (κ1) is 15.1. The smallest absolute Gasteiger partial charge is 0.256 e. The van der Waals surface area contributed by atoms with E-state index in [9.17, 15) is 9.59 Å². The van der Waals surface area contributed by atoms with Gasteiger partial charge in [0, 0.05) is 25.5 Å². The second kappa shape index (κ2) is 6.12. The minimum Gasteiger partial charge on any atom is -0.378 e. The number of carbonyl (C=O) groups excluding carboxylic acids is 2. The van der Waals surface area contributed by atoms with Crippen LogP contribution in [0.5, 0.6) is 0 Å². The molecule has 1 saturated heterocycles. The molecule has 0 saturated carbocycles. The molecule has 2 aromatic carbocycles. The number of hydrogen-bond donors (Lipinski definition) is 1. The van der Waals surface area contributed by atoms with E-state index in [1.54, 1.807) is 12.1 Å². The molecule has 5 heteroatoms. The second-order valence-corrected chi connectivity index (χ2v) is 5.75. The Morgan fingerprint density at radius 3 is 2.26 bits per heavy atom. The number of hydrogen-bond acceptors (Lipinski definition) is 4. The lowest BCUT2D eigenvalue weighted by atomic mass is 10.2. The van der Waals surface area contributed by atoms with Crippen LogP contribution in [0.15, 0.2) is 54.6 Å². The normalized spacial score (nSPS) is 17.5. The van der Waals surface area contributed by atoms with Gasteiger partial charge in [0.25, 0.3) is 5.91 Å². The Hall–Kier alpha value is -2.82. The molecular weight excluding hydrogens is 290 g/mol. The lowest BCUT2D eigenvalue weighted by Gasteiger charge is -2.17. The number of para-hydroxylation sites is 1. The van der Waals surface area contributed by atoms with Crippen molar-refractivity contribution in [2.75, 3.05) is 29.2 Å². The van der Waals surface area contributed by atoms with Crippen LogP contribution in [0.1, 0.15) is 6.42 Å². The third kappa shape index (κ3) is 3.04. The van der Waals surface area contributed by atoms with Gasteiger partial charge in [-0.05, 0) is 36.4 Å². The maximum absolute atomic E-state index is 12.5. The fourth-order valence-electron chi connectivity index (χ4n) is 2.65. The van der Waals surface area contributed by atoms with Gasteiger partial charge in [0.2, 0.25) is 5.91 Å². The summed E-state index contributed by atoms with van der Waals surface area (Å²) in [6.45, 7) is 0. The first-order valence-electron chi connectivity index (χ1n) is 7.52. The Bertz CT molecular complexity index is 711. The van der Waals surface area contributed by atoms with Gasteiger partial charge in [-0.3, -0.25) is 9.59 Å². The van der Waals surface area contributed by atoms with E-state index in [1.807, 2.05) is 61.5 Å². The zero-order valence-electron chi connectivity index (χ0n) is 13.2. The van der Waals surface area contributed by atoms with Crippen molar-refractivity contribution in [2.45, 2.75) is 12.5 Å². The van der Waals surface area contributed by atoms with Crippen molar-refractivity contribution in [2.24, 2.45) is 0 Å². The summed E-state index contributed by atoms with van der Waals surface area (Å²) < 4.78 is 0. The Morgan fingerprint density at radius 2 is 1.65 bits per heavy atom. The Kier molecular flexibility index (Phi) is 4.02. The molecule has 23 heavy (non-hydrogen) atoms. The molecule has 1 aliphatic heterocycles. The molecular formula is C18H19N3O2. The minimum atomic E-state index is -0.520. The van der Waals surface area contributed by atoms with Gasteiger partial charge in [0.15, 0.2) is 0 Å². The zero-order chi connectivity index (χ0) is 16.4. The molecule has 118 valence electrons. The Labute approximate surface area is 135 Å². The number of nitrogens with one attached hydrogen (secondary N) is 1. The van der Waals surface area contributed by atoms with E-state index in [0.29, 0.717) is 5.69 Å². The number of nitrogens with zero attached hydrogens (tertiary/aromatic N) is 2. The minimum absolute atomic E-state index is 0.170. The van der Waals surface area contributed by atoms with Crippen molar-refractivity contribution < 1.29 is 9.59 Å². The van der Waals surface area contributed by atoms with Gasteiger partial charge >= 0.3 is 0 Å². The molecule has 0 radical (unpaired) electrons. The summed E-state index contributed by atoms with van der Waals surface area (Å²) in [5.74, 6) is -0.388. The average Bonchev–Trinajstić information content (AvgIpc) is 2.82. The number of amides is 2. The molecule has 1 N–H and O–H groups in total. The highest BCUT2D eigenvalue weighted by atomic mass is 16.2. The maximum atomic E-state index is 12.5. The summed E-state index contributed by atoms with van der Waals surface area (Å²) in [6, 6.07) is 16.3. The fraction of sp³-hybridized carbons (Fsp3) is 0.222. The number of benzene rings is 2. The zero-order valence-corrected chi connectivity index (χ0v) is 13.2. The van der Waals surface area contributed by atoms with E-state index in [-0.39, 0.29) is 18.2 Å². The Balaban J connectivity index is 1.75. The van der Waals surface area contributed by atoms with Crippen LogP contribution >= 0.6 is 0 Å². The first-order chi connectivity index (χ1) is 11.1. The molecule has 1 atom stereocenters. The summed E-state index contributed by atoms with van der Waals surface area (Å²) in [7, 11) is 3.94. The quantitative estimate of drug-likeness (QED) is 0.882. The standard InChI is InChI=1S/C18H19N3O2/c1-20(2)14-10-8-13(9-11-14)19-16-12-17(22)21(18(16)23)15-6-4-3-5-7-15/h3-11,16,19H,12H2,1-2H3. The second-order valence-electron chi connectivity index (χ2n) is 5.75. The van der Waals surface area contributed by atoms with E-state index in [4.69, 9.17) is 0 Å². The van der Waals surface area contributed by atoms with Gasteiger partial charge in [-0.1, -0.05) is 18.2 Å². The molecule has 2 amide bonds. The van der Waals surface area contributed by atoms with Crippen molar-refractivity contribution in [1.29, 1.82) is 0 Å². The molecule has 0 bridgehead atoms. The van der Waals surface area contributed by atoms with Crippen molar-refractivity contribution in [3.63, 3.8) is 0 Å². The predicted octanol–water partition coefficient (Wildman–Crippen LogP) is 2.50. The summed E-state index contributed by atoms with van der Waals surface area (Å²) in [4.78, 5) is 28.0. The van der Waals surface area contributed by atoms with Crippen molar-refractivity contribution in [3.8, 4) is 0 Å². The van der Waals surface area contributed by atoms with Crippen LogP contribution in [0.3, 0.4) is 0 Å². The molecule has 0 spiro atoms. The van der Waals surface area contributed by atoms with E-state index in [0.717, 1.165) is 11.4 Å². The van der Waals surface area contributed by atoms with Gasteiger partial charge in [-0.25, -0.2) is 4.90 Å². The molecule has 1 aliphatic rings. The van der Waals surface area contributed by atoms with Crippen molar-refractivity contribution >= 4 is 28.9 Å². The van der Waals surface area contributed by atoms with Crippen LogP contribution in [-0.4, -0.2) is 32.0 Å². The van der Waals surface area contributed by atoms with E-state index < -0.39 is 6.04 Å². The van der Waals surface area contributed by atoms with Crippen LogP contribution in [0.25, 0.3) is 0 Å². The molecule has 1 fully saturated rings. The van der Waals surface area contributed by atoms with Gasteiger partial charge in [0.1, 0.15) is 6.04 Å². The highest BCUT2D eigenvalue weighted by Crippen LogP contribution is 2.25. The molecule has 0 aromatic heterocycles. The van der Waals surface area contributed by atoms with Crippen LogP contribution in [0, 0.1) is 0 Å². The average molecular weight is 309 g/mol. The van der Waals surface area contributed by atoms with Crippen LogP contribution in [-0.2, 0) is 9.59 Å². The van der Waals surface area contributed by atoms with Crippen LogP contribution in [0.2, 0.25) is 0 Å². The summed E-state index contributed by atoms with van der Waals surface area (Å²) in [6.07, 6.45) is 0.170. The lowest BCUT2D eigenvalue weighted by Crippen LogP contribution is -2.34. The van der Waals surface area contributed by atoms with Crippen LogP contribution < -0.4 is 15.1 Å². The van der Waals surface area contributed by atoms with Crippen LogP contribution in [0.4, 0.5) is 17.1 Å². The SMILES string of the molecule is CN(C)c1ccc(NC2CC(=O)N(c3ccccc3)C2=O)cc1. The summed E-state index contributed by atoms with van der Waals surface area (Å²) in [5.41, 5.74) is 2.53. The van der Waals surface area contributed by atoms with Crippen molar-refractivity contribution in [3.05, 3.63) is 54.6 Å². The van der Waals surface area contributed by atoms with Gasteiger partial charge < -0.3 is 10.2 Å². The van der Waals surface area contributed by atoms with E-state index in [1.165, 1.54) is 4.90 Å². The predicted molar refractivity (Wildman–Crippen MR) is 91.7 cm³/mol. The number of anilines is 3. The highest BCUT2D eigenvalue weighted by molar-refractivity contribution is 6.23. The van der Waals surface area contributed by atoms with Gasteiger partial charge in [0.05, 0.1) is 12.1 Å². The molecule has 1 heterocycles. The third-order valence-electron chi connectivity index (χ3n) is 3.89. The van der Waals surface area contributed by atoms with Gasteiger partial charge in [-0.2, -0.15) is 0 Å². The molecule has 3 rings (SSSR count). The van der Waals surface area contributed by atoms with E-state index >= 15 is 0 Å². The number of carbonyl (C=O) groups is 2. The maximum Gasteiger partial charge on any atom is 0.256 e. The molecule has 5 nitrogen and oxygen atoms in total. The first-order valence-corrected chi connectivity index (χ1v) is 7.52. The fourth-order valence-corrected chi connectivity index (χ4v) is 2.65. The molecule has 1 unspecified atom stereocenters. The molecule has 0 aliphatic carbocycles.